The number of anilines is 1. The van der Waals surface area contributed by atoms with Gasteiger partial charge in [0.15, 0.2) is 0 Å². The van der Waals surface area contributed by atoms with Gasteiger partial charge in [-0.3, -0.25) is 14.5 Å². The van der Waals surface area contributed by atoms with Crippen molar-refractivity contribution < 1.29 is 19.4 Å². The average Bonchev–Trinajstić information content (AvgIpc) is 3.14. The summed E-state index contributed by atoms with van der Waals surface area (Å²) in [4.78, 5) is 28.8. The summed E-state index contributed by atoms with van der Waals surface area (Å²) in [6.45, 7) is 8.94. The fraction of sp³-hybridized carbons (Fsp3) is 0.520. The van der Waals surface area contributed by atoms with Crippen LogP contribution in [-0.2, 0) is 13.5 Å². The highest BCUT2D eigenvalue weighted by Crippen LogP contribution is 2.31. The number of nitrogens with two attached hydrogens (primary N) is 1. The van der Waals surface area contributed by atoms with Crippen molar-refractivity contribution in [2.75, 3.05) is 51.3 Å². The van der Waals surface area contributed by atoms with Crippen LogP contribution in [-0.4, -0.2) is 76.6 Å². The van der Waals surface area contributed by atoms with E-state index in [0.29, 0.717) is 36.6 Å². The van der Waals surface area contributed by atoms with Crippen LogP contribution in [0.25, 0.3) is 0 Å². The first-order valence-electron chi connectivity index (χ1n) is 12.2. The Kier molecular flexibility index (Phi) is 10.0. The third kappa shape index (κ3) is 7.00. The number of ether oxygens (including phenoxy) is 1. The van der Waals surface area contributed by atoms with Gasteiger partial charge in [0.1, 0.15) is 11.4 Å². The molecule has 1 aliphatic heterocycles. The molecule has 0 atom stereocenters. The van der Waals surface area contributed by atoms with Gasteiger partial charge in [-0.1, -0.05) is 20.3 Å². The van der Waals surface area contributed by atoms with Gasteiger partial charge in [0.05, 0.1) is 24.5 Å². The SMILES string of the molecule is CCCOc1ccc(SN2CCN(CCO)CC2)cc1C(=O)Nc1c(CCC)cn(C)c1C(N)=O. The van der Waals surface area contributed by atoms with E-state index in [4.69, 9.17) is 15.6 Å². The normalized spacial score (nSPS) is 14.7. The number of primary amides is 1. The maximum Gasteiger partial charge on any atom is 0.267 e. The second-order valence-electron chi connectivity index (χ2n) is 8.65. The quantitative estimate of drug-likeness (QED) is 0.382. The predicted molar refractivity (Wildman–Crippen MR) is 139 cm³/mol. The minimum absolute atomic E-state index is 0.170. The van der Waals surface area contributed by atoms with E-state index in [9.17, 15) is 9.59 Å². The van der Waals surface area contributed by atoms with Gasteiger partial charge >= 0.3 is 0 Å². The highest BCUT2D eigenvalue weighted by molar-refractivity contribution is 7.97. The first-order chi connectivity index (χ1) is 16.9. The average molecular weight is 504 g/mol. The van der Waals surface area contributed by atoms with Gasteiger partial charge in [-0.15, -0.1) is 0 Å². The van der Waals surface area contributed by atoms with E-state index in [1.807, 2.05) is 38.2 Å². The molecular formula is C25H37N5O4S. The molecule has 0 spiro atoms. The molecule has 35 heavy (non-hydrogen) atoms. The van der Waals surface area contributed by atoms with Crippen molar-refractivity contribution in [1.82, 2.24) is 13.8 Å². The summed E-state index contributed by atoms with van der Waals surface area (Å²) in [7, 11) is 1.75. The zero-order chi connectivity index (χ0) is 25.4. The number of aliphatic hydroxyl groups is 1. The number of rotatable bonds is 12. The van der Waals surface area contributed by atoms with Gasteiger partial charge in [0.2, 0.25) is 0 Å². The summed E-state index contributed by atoms with van der Waals surface area (Å²) in [6, 6.07) is 5.64. The van der Waals surface area contributed by atoms with Crippen LogP contribution in [0.4, 0.5) is 5.69 Å². The first-order valence-corrected chi connectivity index (χ1v) is 13.0. The van der Waals surface area contributed by atoms with Crippen molar-refractivity contribution in [1.29, 1.82) is 0 Å². The summed E-state index contributed by atoms with van der Waals surface area (Å²) in [6.07, 6.45) is 4.25. The Labute approximate surface area is 211 Å². The molecule has 0 aliphatic carbocycles. The highest BCUT2D eigenvalue weighted by atomic mass is 32.2. The van der Waals surface area contributed by atoms with Crippen LogP contribution in [0.15, 0.2) is 29.3 Å². The fourth-order valence-corrected chi connectivity index (χ4v) is 5.13. The molecule has 0 radical (unpaired) electrons. The molecule has 4 N–H and O–H groups in total. The minimum atomic E-state index is -0.586. The van der Waals surface area contributed by atoms with Crippen molar-refractivity contribution >= 4 is 29.4 Å². The zero-order valence-electron chi connectivity index (χ0n) is 20.9. The van der Waals surface area contributed by atoms with Crippen molar-refractivity contribution in [2.45, 2.75) is 38.0 Å². The molecule has 1 aliphatic rings. The van der Waals surface area contributed by atoms with Gasteiger partial charge in [-0.05, 0) is 48.6 Å². The Hall–Kier alpha value is -2.53. The fourth-order valence-electron chi connectivity index (χ4n) is 4.18. The lowest BCUT2D eigenvalue weighted by Gasteiger charge is -2.33. The maximum atomic E-state index is 13.5. The van der Waals surface area contributed by atoms with E-state index in [0.717, 1.165) is 49.5 Å². The Bertz CT molecular complexity index is 1020. The molecule has 2 heterocycles. The summed E-state index contributed by atoms with van der Waals surface area (Å²) in [5.41, 5.74) is 7.67. The molecule has 0 bridgehead atoms. The summed E-state index contributed by atoms with van der Waals surface area (Å²) in [5.74, 6) is -0.412. The van der Waals surface area contributed by atoms with Gasteiger partial charge < -0.3 is 25.5 Å². The van der Waals surface area contributed by atoms with Gasteiger partial charge in [-0.2, -0.15) is 0 Å². The minimum Gasteiger partial charge on any atom is -0.493 e. The van der Waals surface area contributed by atoms with E-state index < -0.39 is 5.91 Å². The second kappa shape index (κ2) is 13.0. The Morgan fingerprint density at radius 1 is 1.17 bits per heavy atom. The van der Waals surface area contributed by atoms with Crippen LogP contribution >= 0.6 is 11.9 Å². The lowest BCUT2D eigenvalue weighted by molar-refractivity contribution is 0.0993. The maximum absolute atomic E-state index is 13.5. The number of amides is 2. The number of piperazine rings is 1. The number of aromatic nitrogens is 1. The number of carbonyl (C=O) groups is 2. The van der Waals surface area contributed by atoms with Crippen LogP contribution in [0.2, 0.25) is 0 Å². The molecule has 2 aromatic rings. The number of β-amino-alcohol motifs (C(OH)–C–C–N with tert-alkyl or cyclic N) is 1. The molecule has 2 amide bonds. The molecule has 0 unspecified atom stereocenters. The third-order valence-corrected chi connectivity index (χ3v) is 6.98. The van der Waals surface area contributed by atoms with E-state index in [1.54, 1.807) is 23.6 Å². The van der Waals surface area contributed by atoms with Gasteiger partial charge in [0, 0.05) is 50.9 Å². The van der Waals surface area contributed by atoms with E-state index >= 15 is 0 Å². The molecule has 1 saturated heterocycles. The van der Waals surface area contributed by atoms with Crippen LogP contribution < -0.4 is 15.8 Å². The van der Waals surface area contributed by atoms with Crippen molar-refractivity contribution in [3.05, 3.63) is 41.2 Å². The largest absolute Gasteiger partial charge is 0.493 e. The first kappa shape index (κ1) is 27.1. The summed E-state index contributed by atoms with van der Waals surface area (Å²) in [5, 5.41) is 12.1. The number of aliphatic hydroxyl groups excluding tert-OH is 1. The van der Waals surface area contributed by atoms with Crippen molar-refractivity contribution in [3.63, 3.8) is 0 Å². The number of carbonyl (C=O) groups excluding carboxylic acids is 2. The van der Waals surface area contributed by atoms with Crippen molar-refractivity contribution in [3.8, 4) is 5.75 Å². The Morgan fingerprint density at radius 2 is 1.91 bits per heavy atom. The highest BCUT2D eigenvalue weighted by Gasteiger charge is 2.23. The van der Waals surface area contributed by atoms with Crippen molar-refractivity contribution in [2.24, 2.45) is 12.8 Å². The number of hydrogen-bond donors (Lipinski definition) is 3. The van der Waals surface area contributed by atoms with Crippen LogP contribution in [0.3, 0.4) is 0 Å². The topological polar surface area (TPSA) is 113 Å². The molecule has 1 fully saturated rings. The molecule has 192 valence electrons. The standard InChI is InChI=1S/C25H37N5O4S/c1-4-6-18-17-28(3)23(24(26)32)22(18)27-25(33)20-16-19(7-8-21(20)34-15-5-2)35-30-11-9-29(10-12-30)13-14-31/h7-8,16-17,31H,4-6,9-15H2,1-3H3,(H2,26,32)(H,27,33). The molecule has 3 rings (SSSR count). The van der Waals surface area contributed by atoms with Gasteiger partial charge in [0.25, 0.3) is 11.8 Å². The van der Waals surface area contributed by atoms with E-state index in [-0.39, 0.29) is 18.2 Å². The molecule has 0 saturated carbocycles. The summed E-state index contributed by atoms with van der Waals surface area (Å²) >= 11 is 1.61. The number of nitrogens with one attached hydrogen (secondary N) is 1. The zero-order valence-corrected chi connectivity index (χ0v) is 21.7. The van der Waals surface area contributed by atoms with Crippen LogP contribution in [0.5, 0.6) is 5.75 Å². The smallest absolute Gasteiger partial charge is 0.267 e. The number of aryl methyl sites for hydroxylation is 2. The lowest BCUT2D eigenvalue weighted by Crippen LogP contribution is -2.44. The molecule has 9 nitrogen and oxygen atoms in total. The van der Waals surface area contributed by atoms with Gasteiger partial charge in [-0.25, -0.2) is 4.31 Å². The van der Waals surface area contributed by atoms with E-state index in [1.165, 1.54) is 0 Å². The number of hydrogen-bond acceptors (Lipinski definition) is 7. The lowest BCUT2D eigenvalue weighted by atomic mass is 10.1. The van der Waals surface area contributed by atoms with Crippen LogP contribution in [0.1, 0.15) is 53.1 Å². The third-order valence-electron chi connectivity index (χ3n) is 5.89. The number of nitrogens with zero attached hydrogens (tertiary/aromatic N) is 3. The Morgan fingerprint density at radius 3 is 2.54 bits per heavy atom. The van der Waals surface area contributed by atoms with Crippen LogP contribution in [0, 0.1) is 0 Å². The summed E-state index contributed by atoms with van der Waals surface area (Å²) < 4.78 is 9.81. The molecule has 1 aromatic heterocycles. The predicted octanol–water partition coefficient (Wildman–Crippen LogP) is 2.73. The molecule has 1 aromatic carbocycles. The Balaban J connectivity index is 1.84. The number of benzene rings is 1. The molecule has 10 heteroatoms. The monoisotopic (exact) mass is 503 g/mol. The van der Waals surface area contributed by atoms with E-state index in [2.05, 4.69) is 14.5 Å². The second-order valence-corrected chi connectivity index (χ2v) is 9.82. The molecular weight excluding hydrogens is 466 g/mol.